The van der Waals surface area contributed by atoms with Crippen molar-refractivity contribution in [1.82, 2.24) is 4.98 Å². The number of rotatable bonds is 4. The molecular weight excluding hydrogens is 170 g/mol. The van der Waals surface area contributed by atoms with Crippen molar-refractivity contribution < 1.29 is 5.11 Å². The van der Waals surface area contributed by atoms with Gasteiger partial charge in [-0.2, -0.15) is 11.8 Å². The van der Waals surface area contributed by atoms with Gasteiger partial charge in [0.05, 0.1) is 6.61 Å². The summed E-state index contributed by atoms with van der Waals surface area (Å²) in [5.74, 6) is 1.11. The lowest BCUT2D eigenvalue weighted by Gasteiger charge is -2.10. The molecule has 0 amide bonds. The van der Waals surface area contributed by atoms with Gasteiger partial charge in [0, 0.05) is 23.6 Å². The molecule has 0 bridgehead atoms. The van der Waals surface area contributed by atoms with E-state index < -0.39 is 0 Å². The third-order valence-corrected chi connectivity index (χ3v) is 2.43. The highest BCUT2D eigenvalue weighted by Crippen LogP contribution is 2.16. The van der Waals surface area contributed by atoms with Crippen LogP contribution in [-0.2, 0) is 0 Å². The van der Waals surface area contributed by atoms with Crippen LogP contribution in [-0.4, -0.2) is 28.7 Å². The van der Waals surface area contributed by atoms with Gasteiger partial charge in [0.2, 0.25) is 0 Å². The zero-order chi connectivity index (χ0) is 8.81. The zero-order valence-electron chi connectivity index (χ0n) is 7.10. The highest BCUT2D eigenvalue weighted by Gasteiger charge is 2.09. The molecule has 1 rings (SSSR count). The van der Waals surface area contributed by atoms with Crippen LogP contribution in [0.15, 0.2) is 24.4 Å². The third-order valence-electron chi connectivity index (χ3n) is 1.69. The molecule has 1 aromatic heterocycles. The number of nitrogens with zero attached hydrogens (tertiary/aromatic N) is 1. The second-order valence-corrected chi connectivity index (χ2v) is 3.50. The Balaban J connectivity index is 2.66. The molecule has 0 aliphatic rings. The van der Waals surface area contributed by atoms with Crippen molar-refractivity contribution in [1.29, 1.82) is 0 Å². The molecular formula is C9H13NOS. The van der Waals surface area contributed by atoms with E-state index in [0.29, 0.717) is 0 Å². The standard InChI is InChI=1S/C9H13NOS/c1-12-7-8(6-11)9-4-2-3-5-10-9/h2-5,8,11H,6-7H2,1H3. The van der Waals surface area contributed by atoms with E-state index in [1.54, 1.807) is 18.0 Å². The number of thioether (sulfide) groups is 1. The molecule has 2 nitrogen and oxygen atoms in total. The fourth-order valence-corrected chi connectivity index (χ4v) is 1.73. The Hall–Kier alpha value is -0.540. The number of aliphatic hydroxyl groups is 1. The first kappa shape index (κ1) is 9.55. The number of hydrogen-bond donors (Lipinski definition) is 1. The number of pyridine rings is 1. The van der Waals surface area contributed by atoms with E-state index in [0.717, 1.165) is 11.4 Å². The van der Waals surface area contributed by atoms with Crippen LogP contribution in [0.1, 0.15) is 11.6 Å². The van der Waals surface area contributed by atoms with Crippen LogP contribution in [0, 0.1) is 0 Å². The summed E-state index contributed by atoms with van der Waals surface area (Å²) in [6, 6.07) is 5.79. The Labute approximate surface area is 77.0 Å². The van der Waals surface area contributed by atoms with E-state index in [1.165, 1.54) is 0 Å². The van der Waals surface area contributed by atoms with E-state index in [2.05, 4.69) is 4.98 Å². The molecule has 0 radical (unpaired) electrons. The van der Waals surface area contributed by atoms with E-state index >= 15 is 0 Å². The summed E-state index contributed by atoms with van der Waals surface area (Å²) in [6.45, 7) is 0.178. The highest BCUT2D eigenvalue weighted by molar-refractivity contribution is 7.98. The topological polar surface area (TPSA) is 33.1 Å². The lowest BCUT2D eigenvalue weighted by molar-refractivity contribution is 0.273. The Bertz CT molecular complexity index is 215. The molecule has 1 unspecified atom stereocenters. The van der Waals surface area contributed by atoms with Crippen LogP contribution in [0.4, 0.5) is 0 Å². The van der Waals surface area contributed by atoms with E-state index in [9.17, 15) is 0 Å². The van der Waals surface area contributed by atoms with Crippen molar-refractivity contribution in [3.05, 3.63) is 30.1 Å². The molecule has 3 heteroatoms. The highest BCUT2D eigenvalue weighted by atomic mass is 32.2. The first-order valence-electron chi connectivity index (χ1n) is 3.89. The quantitative estimate of drug-likeness (QED) is 0.768. The summed E-state index contributed by atoms with van der Waals surface area (Å²) in [6.07, 6.45) is 3.80. The molecule has 1 N–H and O–H groups in total. The van der Waals surface area contributed by atoms with Crippen molar-refractivity contribution >= 4 is 11.8 Å². The summed E-state index contributed by atoms with van der Waals surface area (Å²) in [4.78, 5) is 4.20. The average Bonchev–Trinajstić information content (AvgIpc) is 2.15. The lowest BCUT2D eigenvalue weighted by atomic mass is 10.1. The lowest BCUT2D eigenvalue weighted by Crippen LogP contribution is -2.08. The number of hydrogen-bond acceptors (Lipinski definition) is 3. The van der Waals surface area contributed by atoms with Gasteiger partial charge in [-0.05, 0) is 18.4 Å². The van der Waals surface area contributed by atoms with Crippen LogP contribution in [0.25, 0.3) is 0 Å². The molecule has 1 heterocycles. The van der Waals surface area contributed by atoms with Crippen molar-refractivity contribution in [2.24, 2.45) is 0 Å². The Kier molecular flexibility index (Phi) is 4.11. The zero-order valence-corrected chi connectivity index (χ0v) is 7.92. The Morgan fingerprint density at radius 2 is 2.42 bits per heavy atom. The Morgan fingerprint density at radius 3 is 2.92 bits per heavy atom. The fourth-order valence-electron chi connectivity index (χ4n) is 1.05. The molecule has 0 saturated heterocycles. The molecule has 1 aromatic rings. The summed E-state index contributed by atoms with van der Waals surface area (Å²) in [5, 5.41) is 9.06. The predicted molar refractivity (Wildman–Crippen MR) is 52.4 cm³/mol. The van der Waals surface area contributed by atoms with Gasteiger partial charge < -0.3 is 5.11 Å². The maximum atomic E-state index is 9.06. The van der Waals surface area contributed by atoms with Crippen LogP contribution >= 0.6 is 11.8 Å². The minimum atomic E-state index is 0.178. The van der Waals surface area contributed by atoms with Crippen LogP contribution < -0.4 is 0 Å². The van der Waals surface area contributed by atoms with Crippen LogP contribution in [0.5, 0.6) is 0 Å². The molecule has 0 spiro atoms. The summed E-state index contributed by atoms with van der Waals surface area (Å²) in [7, 11) is 0. The maximum absolute atomic E-state index is 9.06. The van der Waals surface area contributed by atoms with E-state index in [1.807, 2.05) is 24.5 Å². The van der Waals surface area contributed by atoms with Crippen LogP contribution in [0.2, 0.25) is 0 Å². The van der Waals surface area contributed by atoms with E-state index in [4.69, 9.17) is 5.11 Å². The molecule has 0 aliphatic heterocycles. The predicted octanol–water partition coefficient (Wildman–Crippen LogP) is 1.52. The largest absolute Gasteiger partial charge is 0.396 e. The van der Waals surface area contributed by atoms with Gasteiger partial charge in [-0.25, -0.2) is 0 Å². The van der Waals surface area contributed by atoms with Crippen molar-refractivity contribution in [2.45, 2.75) is 5.92 Å². The maximum Gasteiger partial charge on any atom is 0.0522 e. The van der Waals surface area contributed by atoms with Gasteiger partial charge in [0.1, 0.15) is 0 Å². The van der Waals surface area contributed by atoms with Crippen molar-refractivity contribution in [3.8, 4) is 0 Å². The monoisotopic (exact) mass is 183 g/mol. The average molecular weight is 183 g/mol. The summed E-state index contributed by atoms with van der Waals surface area (Å²) >= 11 is 1.73. The number of aliphatic hydroxyl groups excluding tert-OH is 1. The normalized spacial score (nSPS) is 12.8. The SMILES string of the molecule is CSCC(CO)c1ccccn1. The summed E-state index contributed by atoms with van der Waals surface area (Å²) in [5.41, 5.74) is 0.981. The first-order valence-corrected chi connectivity index (χ1v) is 5.28. The fraction of sp³-hybridized carbons (Fsp3) is 0.444. The van der Waals surface area contributed by atoms with Gasteiger partial charge in [-0.15, -0.1) is 0 Å². The molecule has 0 fully saturated rings. The molecule has 0 aliphatic carbocycles. The molecule has 66 valence electrons. The number of aromatic nitrogens is 1. The van der Waals surface area contributed by atoms with Crippen molar-refractivity contribution in [3.63, 3.8) is 0 Å². The first-order chi connectivity index (χ1) is 5.88. The smallest absolute Gasteiger partial charge is 0.0522 e. The van der Waals surface area contributed by atoms with Gasteiger partial charge in [0.15, 0.2) is 0 Å². The molecule has 1 atom stereocenters. The second-order valence-electron chi connectivity index (χ2n) is 2.59. The van der Waals surface area contributed by atoms with Crippen molar-refractivity contribution in [2.75, 3.05) is 18.6 Å². The van der Waals surface area contributed by atoms with E-state index in [-0.39, 0.29) is 12.5 Å². The van der Waals surface area contributed by atoms with Gasteiger partial charge in [0.25, 0.3) is 0 Å². The second kappa shape index (κ2) is 5.17. The third kappa shape index (κ3) is 2.50. The molecule has 12 heavy (non-hydrogen) atoms. The van der Waals surface area contributed by atoms with Crippen LogP contribution in [0.3, 0.4) is 0 Å². The molecule has 0 aromatic carbocycles. The minimum absolute atomic E-state index is 0.178. The summed E-state index contributed by atoms with van der Waals surface area (Å²) < 4.78 is 0. The van der Waals surface area contributed by atoms with Gasteiger partial charge in [-0.3, -0.25) is 4.98 Å². The molecule has 0 saturated carbocycles. The Morgan fingerprint density at radius 1 is 1.58 bits per heavy atom. The van der Waals surface area contributed by atoms with Gasteiger partial charge >= 0.3 is 0 Å². The minimum Gasteiger partial charge on any atom is -0.396 e. The van der Waals surface area contributed by atoms with Gasteiger partial charge in [-0.1, -0.05) is 6.07 Å².